The predicted octanol–water partition coefficient (Wildman–Crippen LogP) is 13.2. The van der Waals surface area contributed by atoms with E-state index in [-0.39, 0.29) is 47.3 Å². The molecule has 0 aliphatic heterocycles. The molecule has 34 nitrogen and oxygen atoms in total. The number of aromatic carboxylic acids is 1. The number of ether oxygens (including phenoxy) is 5. The van der Waals surface area contributed by atoms with Crippen molar-refractivity contribution in [1.29, 1.82) is 0 Å². The number of methoxy groups -OCH3 is 5. The molecule has 636 valence electrons. The van der Waals surface area contributed by atoms with Crippen molar-refractivity contribution in [2.75, 3.05) is 63.7 Å². The molecule has 0 unspecified atom stereocenters. The smallest absolute Gasteiger partial charge is 0.337 e. The zero-order chi connectivity index (χ0) is 87.1. The number of rotatable bonds is 20. The molecule has 0 aliphatic rings. The Kier molecular flexibility index (Phi) is 37.0. The van der Waals surface area contributed by atoms with Crippen LogP contribution in [0.3, 0.4) is 0 Å². The first-order chi connectivity index (χ1) is 56.9. The number of sulfonamides is 2. The van der Waals surface area contributed by atoms with Gasteiger partial charge in [-0.1, -0.05) is 148 Å². The Hall–Kier alpha value is -14.8. The molecule has 0 atom stereocenters. The summed E-state index contributed by atoms with van der Waals surface area (Å²) in [5, 5.41) is 57.3. The maximum Gasteiger partial charge on any atom is 0.337 e. The summed E-state index contributed by atoms with van der Waals surface area (Å²) in [6, 6.07) is 64.5. The maximum absolute atomic E-state index is 12.7. The van der Waals surface area contributed by atoms with Crippen molar-refractivity contribution in [2.24, 2.45) is 5.73 Å². The lowest BCUT2D eigenvalue weighted by Gasteiger charge is -2.13. The summed E-state index contributed by atoms with van der Waals surface area (Å²) in [4.78, 5) is 72.9. The first-order valence-electron chi connectivity index (χ1n) is 35.6. The van der Waals surface area contributed by atoms with E-state index in [4.69, 9.17) is 59.1 Å². The number of carboxylic acid groups (broad SMARTS) is 1. The van der Waals surface area contributed by atoms with E-state index in [1.165, 1.54) is 65.8 Å². The molecule has 0 bridgehead atoms. The predicted molar refractivity (Wildman–Crippen MR) is 460 cm³/mol. The van der Waals surface area contributed by atoms with Crippen molar-refractivity contribution >= 4 is 87.4 Å². The quantitative estimate of drug-likeness (QED) is 0.0313. The zero-order valence-electron chi connectivity index (χ0n) is 66.4. The molecule has 0 spiro atoms. The third-order valence-electron chi connectivity index (χ3n) is 17.0. The van der Waals surface area contributed by atoms with Gasteiger partial charge in [-0.15, -0.1) is 0 Å². The van der Waals surface area contributed by atoms with Crippen LogP contribution in [0.4, 0.5) is 0 Å². The topological polar surface area (TPSA) is 454 Å². The molecule has 0 fully saturated rings. The average molecular weight is 1700 g/mol. The highest BCUT2D eigenvalue weighted by Crippen LogP contribution is 2.29. The molecule has 5 N–H and O–H groups in total. The normalized spacial score (nSPS) is 10.3. The number of hydrogen-bond donors (Lipinski definition) is 4. The van der Waals surface area contributed by atoms with Crippen LogP contribution in [0.5, 0.6) is 23.0 Å². The molecule has 0 saturated carbocycles. The van der Waals surface area contributed by atoms with Gasteiger partial charge in [0.25, 0.3) is 31.9 Å². The van der Waals surface area contributed by atoms with E-state index in [2.05, 4.69) is 35.6 Å². The van der Waals surface area contributed by atoms with Gasteiger partial charge in [-0.05, 0) is 117 Å². The Balaban J connectivity index is 0.000000274. The number of aromatic nitrogens is 8. The zero-order valence-corrected chi connectivity index (χ0v) is 68.1. The van der Waals surface area contributed by atoms with Crippen LogP contribution in [0.15, 0.2) is 253 Å². The molecule has 4 heterocycles. The maximum atomic E-state index is 12.7. The van der Waals surface area contributed by atoms with Crippen molar-refractivity contribution in [2.45, 2.75) is 64.7 Å². The lowest BCUT2D eigenvalue weighted by atomic mass is 10.1. The van der Waals surface area contributed by atoms with Crippen LogP contribution >= 0.6 is 0 Å². The minimum atomic E-state index is -3.99. The molecule has 0 aliphatic carbocycles. The molecule has 4 aromatic heterocycles. The lowest BCUT2D eigenvalue weighted by molar-refractivity contribution is -0.445. The summed E-state index contributed by atoms with van der Waals surface area (Å²) in [7, 11) is 3.68. The second kappa shape index (κ2) is 46.2. The number of nitrogens with two attached hydrogens (primary N) is 1. The number of para-hydroxylation sites is 4. The van der Waals surface area contributed by atoms with Gasteiger partial charge in [0.2, 0.25) is 0 Å². The molecular weight excluding hydrogens is 1600 g/mol. The van der Waals surface area contributed by atoms with Crippen LogP contribution in [0.25, 0.3) is 43.6 Å². The number of carbonyl (C=O) groups is 4. The molecule has 121 heavy (non-hydrogen) atoms. The number of esters is 1. The molecule has 2 amide bonds. The Labute approximate surface area is 698 Å². The number of carboxylic acids is 1. The highest BCUT2D eigenvalue weighted by atomic mass is 32.2. The summed E-state index contributed by atoms with van der Waals surface area (Å²) >= 11 is 0. The van der Waals surface area contributed by atoms with Crippen molar-refractivity contribution < 1.29 is 79.6 Å². The summed E-state index contributed by atoms with van der Waals surface area (Å²) in [5.41, 5.74) is 14.2. The van der Waals surface area contributed by atoms with E-state index < -0.39 is 52.6 Å². The van der Waals surface area contributed by atoms with Crippen LogP contribution in [-0.4, -0.2) is 163 Å². The van der Waals surface area contributed by atoms with E-state index in [0.29, 0.717) is 65.9 Å². The minimum Gasteiger partial charge on any atom is -0.496 e. The highest BCUT2D eigenvalue weighted by molar-refractivity contribution is 7.90. The highest BCUT2D eigenvalue weighted by Gasteiger charge is 2.24. The summed E-state index contributed by atoms with van der Waals surface area (Å²) in [5.74, 6) is -0.660. The van der Waals surface area contributed by atoms with Crippen LogP contribution in [0.1, 0.15) is 89.7 Å². The Bertz CT molecular complexity index is 5890. The molecule has 10 aromatic carbocycles. The van der Waals surface area contributed by atoms with Crippen molar-refractivity contribution in [3.63, 3.8) is 0 Å². The Morgan fingerprint density at radius 3 is 0.876 bits per heavy atom. The standard InChI is InChI=1S/2C23H21N3O4S.C17H16N2O3.C16H14N2O3.3CH3NO2.CH5N.2CH4/c2*1-16-7-3-6-10-22(16)31(28,29)25-23(27)17-11-12-19(21(13-17)30-2)15-26-20-9-5-4-8-18(20)14-24-26;1-21-16-9-12(17(20)22-2)7-8-14(16)11-19-15-6-4-3-5-13(15)10-18-19;1-21-15-8-11(16(19)20)6-7-13(15)10-18-14-5-3-2-4-12(14)9-17-18;3*1-2(3)4;1-2;;/h2*3-14H,15H2,1-2H3,(H,25,27);3-10H,11H2,1-2H3;2-9H,10H2,1H3,(H,19,20);3*1H3;2H2,1H3;2*1H4. The Morgan fingerprint density at radius 1 is 0.388 bits per heavy atom. The van der Waals surface area contributed by atoms with Gasteiger partial charge in [0, 0.05) is 69.7 Å². The number of amides is 2. The largest absolute Gasteiger partial charge is 0.496 e. The third-order valence-corrected chi connectivity index (χ3v) is 20.0. The number of nitrogens with one attached hydrogen (secondary N) is 2. The van der Waals surface area contributed by atoms with Crippen molar-refractivity contribution in [1.82, 2.24) is 48.6 Å². The van der Waals surface area contributed by atoms with E-state index in [1.807, 2.05) is 134 Å². The van der Waals surface area contributed by atoms with E-state index >= 15 is 0 Å². The molecule has 14 rings (SSSR count). The van der Waals surface area contributed by atoms with Gasteiger partial charge < -0.3 is 34.5 Å². The molecule has 0 saturated heterocycles. The van der Waals surface area contributed by atoms with Crippen LogP contribution in [0, 0.1) is 44.2 Å². The minimum absolute atomic E-state index is 0. The van der Waals surface area contributed by atoms with Gasteiger partial charge >= 0.3 is 11.9 Å². The van der Waals surface area contributed by atoms with Gasteiger partial charge in [-0.25, -0.2) is 35.9 Å². The monoisotopic (exact) mass is 1690 g/mol. The fraction of sp³-hybridized carbons (Fsp3) is 0.200. The second-order valence-electron chi connectivity index (χ2n) is 25.1. The first kappa shape index (κ1) is 96.8. The second-order valence-corrected chi connectivity index (χ2v) is 28.4. The summed E-state index contributed by atoms with van der Waals surface area (Å²) < 4.78 is 88.5. The number of nitrogens with zero attached hydrogens (tertiary/aromatic N) is 11. The van der Waals surface area contributed by atoms with E-state index in [9.17, 15) is 36.0 Å². The number of hydrogen-bond acceptors (Lipinski definition) is 24. The van der Waals surface area contributed by atoms with Crippen LogP contribution < -0.4 is 34.1 Å². The molecular formula is C85H94N14O20S2. The van der Waals surface area contributed by atoms with Gasteiger partial charge in [0.15, 0.2) is 21.1 Å². The van der Waals surface area contributed by atoms with Crippen molar-refractivity contribution in [3.05, 3.63) is 329 Å². The first-order valence-corrected chi connectivity index (χ1v) is 38.5. The van der Waals surface area contributed by atoms with E-state index in [1.54, 1.807) is 118 Å². The summed E-state index contributed by atoms with van der Waals surface area (Å²) in [6.07, 6.45) is 7.23. The number of benzene rings is 10. The number of carbonyl (C=O) groups excluding carboxylic acids is 3. The Morgan fingerprint density at radius 2 is 0.620 bits per heavy atom. The number of fused-ring (bicyclic) bond motifs is 4. The van der Waals surface area contributed by atoms with Gasteiger partial charge in [0.05, 0.1) is 130 Å². The van der Waals surface area contributed by atoms with Crippen LogP contribution in [-0.2, 0) is 51.0 Å². The van der Waals surface area contributed by atoms with Gasteiger partial charge in [-0.3, -0.25) is 58.7 Å². The molecule has 36 heteroatoms. The molecule has 0 radical (unpaired) electrons. The van der Waals surface area contributed by atoms with Gasteiger partial charge in [-0.2, -0.15) is 20.4 Å². The fourth-order valence-corrected chi connectivity index (χ4v) is 14.0. The number of nitro groups is 3. The average Bonchev–Trinajstić information content (AvgIpc) is 1.71. The SMILES string of the molecule is C.C.CN.COC(=O)c1ccc(Cn2ncc3ccccc32)c(OC)c1.COc1cc(C(=O)NS(=O)(=O)c2ccccc2C)ccc1Cn1ncc2ccccc21.COc1cc(C(=O)NS(=O)(=O)c2ccccc2C)ccc1Cn1ncc2ccccc21.COc1cc(C(=O)O)ccc1Cn1ncc2ccccc21.C[N+](=O)[O-].C[N+](=O)[O-].C[N+](=O)[O-]. The van der Waals surface area contributed by atoms with Crippen LogP contribution in [0.2, 0.25) is 0 Å². The third kappa shape index (κ3) is 27.1. The van der Waals surface area contributed by atoms with Crippen molar-refractivity contribution in [3.8, 4) is 23.0 Å². The molecule has 14 aromatic rings. The number of aryl methyl sites for hydroxylation is 2. The fourth-order valence-electron chi connectivity index (χ4n) is 11.6. The van der Waals surface area contributed by atoms with E-state index in [0.717, 1.165) is 87.0 Å². The van der Waals surface area contributed by atoms with Gasteiger partial charge in [0.1, 0.15) is 23.0 Å². The summed E-state index contributed by atoms with van der Waals surface area (Å²) in [6.45, 7) is 5.33. The lowest BCUT2D eigenvalue weighted by Crippen LogP contribution is -2.31.